The molecule has 1 nitrogen and oxygen atoms in total. The Balaban J connectivity index is 2.99. The lowest BCUT2D eigenvalue weighted by atomic mass is 10.1. The molecule has 0 fully saturated rings. The summed E-state index contributed by atoms with van der Waals surface area (Å²) in [6.07, 6.45) is 0.863. The van der Waals surface area contributed by atoms with Crippen LogP contribution in [0, 0.1) is 5.82 Å². The fourth-order valence-corrected chi connectivity index (χ4v) is 0.976. The molecule has 0 aliphatic carbocycles. The minimum absolute atomic E-state index is 0.188. The fraction of sp³-hybridized carbons (Fsp3) is 0.333. The van der Waals surface area contributed by atoms with Gasteiger partial charge in [0.05, 0.1) is 0 Å². The van der Waals surface area contributed by atoms with Crippen molar-refractivity contribution in [1.82, 2.24) is 0 Å². The van der Waals surface area contributed by atoms with Crippen LogP contribution in [0.15, 0.2) is 18.2 Å². The van der Waals surface area contributed by atoms with Crippen molar-refractivity contribution in [2.24, 2.45) is 5.73 Å². The third kappa shape index (κ3) is 1.77. The second kappa shape index (κ2) is 3.49. The maximum absolute atomic E-state index is 13.0. The lowest BCUT2D eigenvalue weighted by Gasteiger charge is -2.01. The van der Waals surface area contributed by atoms with Crippen LogP contribution in [0.1, 0.15) is 18.1 Å². The molecule has 0 bridgehead atoms. The maximum atomic E-state index is 13.0. The molecule has 2 N–H and O–H groups in total. The van der Waals surface area contributed by atoms with Gasteiger partial charge in [-0.25, -0.2) is 4.39 Å². The smallest absolute Gasteiger partial charge is 0.127 e. The Labute approximate surface area is 66.0 Å². The molecule has 0 atom stereocenters. The molecule has 0 aromatic heterocycles. The zero-order valence-electron chi connectivity index (χ0n) is 6.60. The Bertz CT molecular complexity index is 245. The van der Waals surface area contributed by atoms with Crippen LogP contribution >= 0.6 is 0 Å². The topological polar surface area (TPSA) is 26.0 Å². The second-order valence-corrected chi connectivity index (χ2v) is 2.48. The van der Waals surface area contributed by atoms with Gasteiger partial charge in [-0.15, -0.1) is 0 Å². The number of halogens is 1. The molecule has 0 radical (unpaired) electrons. The van der Waals surface area contributed by atoms with Gasteiger partial charge in [0.15, 0.2) is 0 Å². The minimum atomic E-state index is -0.188. The summed E-state index contributed by atoms with van der Waals surface area (Å²) < 4.78 is 13.0. The zero-order chi connectivity index (χ0) is 8.27. The third-order valence-corrected chi connectivity index (χ3v) is 1.75. The maximum Gasteiger partial charge on any atom is 0.127 e. The highest BCUT2D eigenvalue weighted by molar-refractivity contribution is 5.24. The number of nitrogens with two attached hydrogens (primary N) is 1. The van der Waals surface area contributed by atoms with Gasteiger partial charge in [0.2, 0.25) is 0 Å². The normalized spacial score (nSPS) is 10.1. The summed E-state index contributed by atoms with van der Waals surface area (Å²) in [5.41, 5.74) is 6.90. The molecule has 11 heavy (non-hydrogen) atoms. The van der Waals surface area contributed by atoms with Crippen LogP contribution in [0.5, 0.6) is 0 Å². The van der Waals surface area contributed by atoms with Gasteiger partial charge in [-0.2, -0.15) is 0 Å². The second-order valence-electron chi connectivity index (χ2n) is 2.48. The highest BCUT2D eigenvalue weighted by Gasteiger charge is 1.99. The Kier molecular flexibility index (Phi) is 2.60. The summed E-state index contributed by atoms with van der Waals surface area (Å²) in [4.78, 5) is 0. The van der Waals surface area contributed by atoms with Crippen LogP contribution in [0.4, 0.5) is 4.39 Å². The van der Waals surface area contributed by atoms with Gasteiger partial charge in [0.25, 0.3) is 0 Å². The summed E-state index contributed by atoms with van der Waals surface area (Å²) in [7, 11) is 0. The van der Waals surface area contributed by atoms with Crippen molar-refractivity contribution >= 4 is 0 Å². The van der Waals surface area contributed by atoms with Crippen LogP contribution in [0.25, 0.3) is 0 Å². The highest BCUT2D eigenvalue weighted by Crippen LogP contribution is 2.09. The Morgan fingerprint density at radius 3 is 2.64 bits per heavy atom. The number of benzene rings is 1. The van der Waals surface area contributed by atoms with E-state index in [0.717, 1.165) is 12.0 Å². The molecule has 1 aromatic rings. The molecule has 60 valence electrons. The predicted octanol–water partition coefficient (Wildman–Crippen LogP) is 1.85. The molecule has 0 saturated heterocycles. The van der Waals surface area contributed by atoms with Gasteiger partial charge in [-0.1, -0.05) is 19.1 Å². The molecule has 0 saturated carbocycles. The van der Waals surface area contributed by atoms with E-state index in [4.69, 9.17) is 5.73 Å². The number of hydrogen-bond donors (Lipinski definition) is 1. The molecule has 0 aliphatic rings. The van der Waals surface area contributed by atoms with E-state index in [1.54, 1.807) is 12.1 Å². The first-order valence-corrected chi connectivity index (χ1v) is 3.75. The molecular weight excluding hydrogens is 141 g/mol. The van der Waals surface area contributed by atoms with Crippen LogP contribution in [0.3, 0.4) is 0 Å². The van der Waals surface area contributed by atoms with Gasteiger partial charge >= 0.3 is 0 Å². The van der Waals surface area contributed by atoms with Crippen LogP contribution < -0.4 is 5.73 Å². The monoisotopic (exact) mass is 153 g/mol. The molecule has 0 heterocycles. The van der Waals surface area contributed by atoms with E-state index in [9.17, 15) is 4.39 Å². The van der Waals surface area contributed by atoms with Crippen molar-refractivity contribution in [3.63, 3.8) is 0 Å². The standard InChI is InChI=1S/C9H12FN/c1-2-7-3-4-8(6-11)9(10)5-7/h3-5H,2,6,11H2,1H3. The molecule has 1 rings (SSSR count). The Morgan fingerprint density at radius 2 is 2.18 bits per heavy atom. The fourth-order valence-electron chi connectivity index (χ4n) is 0.976. The van der Waals surface area contributed by atoms with Crippen molar-refractivity contribution in [1.29, 1.82) is 0 Å². The summed E-state index contributed by atoms with van der Waals surface area (Å²) in [5.74, 6) is -0.188. The van der Waals surface area contributed by atoms with Gasteiger partial charge < -0.3 is 5.73 Å². The van der Waals surface area contributed by atoms with E-state index >= 15 is 0 Å². The Hall–Kier alpha value is -0.890. The SMILES string of the molecule is CCc1ccc(CN)c(F)c1. The number of rotatable bonds is 2. The molecule has 0 spiro atoms. The third-order valence-electron chi connectivity index (χ3n) is 1.75. The van der Waals surface area contributed by atoms with Crippen molar-refractivity contribution in [2.45, 2.75) is 19.9 Å². The average molecular weight is 153 g/mol. The van der Waals surface area contributed by atoms with E-state index < -0.39 is 0 Å². The van der Waals surface area contributed by atoms with E-state index in [2.05, 4.69) is 0 Å². The van der Waals surface area contributed by atoms with Crippen molar-refractivity contribution in [2.75, 3.05) is 0 Å². The summed E-state index contributed by atoms with van der Waals surface area (Å²) in [5, 5.41) is 0. The van der Waals surface area contributed by atoms with Gasteiger partial charge in [0.1, 0.15) is 5.82 Å². The Morgan fingerprint density at radius 1 is 1.45 bits per heavy atom. The average Bonchev–Trinajstić information content (AvgIpc) is 2.04. The largest absolute Gasteiger partial charge is 0.326 e. The van der Waals surface area contributed by atoms with E-state index in [1.165, 1.54) is 0 Å². The number of aryl methyl sites for hydroxylation is 1. The van der Waals surface area contributed by atoms with Crippen molar-refractivity contribution in [3.8, 4) is 0 Å². The first kappa shape index (κ1) is 8.21. The zero-order valence-corrected chi connectivity index (χ0v) is 6.60. The summed E-state index contributed by atoms with van der Waals surface area (Å²) in [6, 6.07) is 5.20. The van der Waals surface area contributed by atoms with Crippen LogP contribution in [0.2, 0.25) is 0 Å². The first-order valence-electron chi connectivity index (χ1n) is 3.75. The van der Waals surface area contributed by atoms with E-state index in [-0.39, 0.29) is 12.4 Å². The van der Waals surface area contributed by atoms with E-state index in [0.29, 0.717) is 5.56 Å². The molecule has 0 aliphatic heterocycles. The quantitative estimate of drug-likeness (QED) is 0.689. The lowest BCUT2D eigenvalue weighted by Crippen LogP contribution is -1.99. The van der Waals surface area contributed by atoms with Crippen LogP contribution in [-0.2, 0) is 13.0 Å². The summed E-state index contributed by atoms with van der Waals surface area (Å²) in [6.45, 7) is 2.27. The van der Waals surface area contributed by atoms with Gasteiger partial charge in [-0.3, -0.25) is 0 Å². The lowest BCUT2D eigenvalue weighted by molar-refractivity contribution is 0.608. The molecule has 0 amide bonds. The first-order chi connectivity index (χ1) is 5.27. The van der Waals surface area contributed by atoms with E-state index in [1.807, 2.05) is 13.0 Å². The molecule has 2 heteroatoms. The van der Waals surface area contributed by atoms with Gasteiger partial charge in [-0.05, 0) is 18.1 Å². The molecule has 0 unspecified atom stereocenters. The summed E-state index contributed by atoms with van der Waals surface area (Å²) >= 11 is 0. The van der Waals surface area contributed by atoms with Crippen molar-refractivity contribution in [3.05, 3.63) is 35.1 Å². The molecule has 1 aromatic carbocycles. The minimum Gasteiger partial charge on any atom is -0.326 e. The predicted molar refractivity (Wildman–Crippen MR) is 43.7 cm³/mol. The molecular formula is C9H12FN. The highest BCUT2D eigenvalue weighted by atomic mass is 19.1. The van der Waals surface area contributed by atoms with Crippen molar-refractivity contribution < 1.29 is 4.39 Å². The van der Waals surface area contributed by atoms with Crippen LogP contribution in [-0.4, -0.2) is 0 Å². The van der Waals surface area contributed by atoms with Gasteiger partial charge in [0, 0.05) is 12.1 Å². The number of hydrogen-bond acceptors (Lipinski definition) is 1.